The quantitative estimate of drug-likeness (QED) is 0.493. The average Bonchev–Trinajstić information content (AvgIpc) is 3.17. The number of benzene rings is 3. The number of rotatable bonds is 4. The fourth-order valence-electron chi connectivity index (χ4n) is 3.08. The standard InChI is InChI=1S/C23H19ClN4O/c1-15-8-13-20(16(2)14-15)25-23(29)21-26-22(17-9-11-18(24)12-10-17)28(27-21)19-6-4-3-5-7-19/h3-14H,1-2H3,(H,25,29). The molecule has 3 aromatic carbocycles. The molecule has 0 saturated carbocycles. The van der Waals surface area contributed by atoms with E-state index in [1.54, 1.807) is 16.8 Å². The number of aryl methyl sites for hydroxylation is 2. The lowest BCUT2D eigenvalue weighted by molar-refractivity contribution is 0.101. The van der Waals surface area contributed by atoms with Crippen molar-refractivity contribution >= 4 is 23.2 Å². The van der Waals surface area contributed by atoms with Crippen LogP contribution in [0.1, 0.15) is 21.7 Å². The van der Waals surface area contributed by atoms with E-state index in [4.69, 9.17) is 11.6 Å². The first kappa shape index (κ1) is 18.9. The van der Waals surface area contributed by atoms with Crippen molar-refractivity contribution in [3.63, 3.8) is 0 Å². The third kappa shape index (κ3) is 4.05. The smallest absolute Gasteiger partial charge is 0.295 e. The molecule has 0 fully saturated rings. The number of nitrogens with one attached hydrogen (secondary N) is 1. The Bertz CT molecular complexity index is 1170. The van der Waals surface area contributed by atoms with E-state index in [0.717, 1.165) is 28.1 Å². The Kier molecular flexibility index (Phi) is 5.14. The minimum atomic E-state index is -0.359. The lowest BCUT2D eigenvalue weighted by Crippen LogP contribution is -2.15. The van der Waals surface area contributed by atoms with Gasteiger partial charge in [-0.3, -0.25) is 4.79 Å². The van der Waals surface area contributed by atoms with Gasteiger partial charge in [0.15, 0.2) is 5.82 Å². The van der Waals surface area contributed by atoms with E-state index in [9.17, 15) is 4.79 Å². The Morgan fingerprint density at radius 3 is 2.38 bits per heavy atom. The Hall–Kier alpha value is -3.44. The number of anilines is 1. The van der Waals surface area contributed by atoms with Crippen molar-refractivity contribution in [2.75, 3.05) is 5.32 Å². The monoisotopic (exact) mass is 402 g/mol. The van der Waals surface area contributed by atoms with Gasteiger partial charge in [-0.15, -0.1) is 5.10 Å². The number of carbonyl (C=O) groups is 1. The normalized spacial score (nSPS) is 10.7. The second-order valence-electron chi connectivity index (χ2n) is 6.79. The van der Waals surface area contributed by atoms with Gasteiger partial charge in [0.25, 0.3) is 5.91 Å². The van der Waals surface area contributed by atoms with E-state index in [-0.39, 0.29) is 11.7 Å². The van der Waals surface area contributed by atoms with Gasteiger partial charge in [-0.05, 0) is 61.9 Å². The van der Waals surface area contributed by atoms with E-state index < -0.39 is 0 Å². The van der Waals surface area contributed by atoms with Crippen molar-refractivity contribution in [1.82, 2.24) is 14.8 Å². The molecule has 0 aliphatic carbocycles. The summed E-state index contributed by atoms with van der Waals surface area (Å²) in [4.78, 5) is 17.4. The number of amides is 1. The minimum Gasteiger partial charge on any atom is -0.319 e. The maximum absolute atomic E-state index is 12.9. The molecule has 4 rings (SSSR count). The number of para-hydroxylation sites is 1. The van der Waals surface area contributed by atoms with Crippen molar-refractivity contribution < 1.29 is 4.79 Å². The zero-order valence-corrected chi connectivity index (χ0v) is 16.8. The second kappa shape index (κ2) is 7.89. The third-order valence-electron chi connectivity index (χ3n) is 4.54. The molecule has 1 amide bonds. The highest BCUT2D eigenvalue weighted by Crippen LogP contribution is 2.24. The van der Waals surface area contributed by atoms with Crippen LogP contribution in [0.5, 0.6) is 0 Å². The summed E-state index contributed by atoms with van der Waals surface area (Å²) in [5.41, 5.74) is 4.49. The van der Waals surface area contributed by atoms with Crippen LogP contribution in [0, 0.1) is 13.8 Å². The summed E-state index contributed by atoms with van der Waals surface area (Å²) in [6.45, 7) is 3.97. The van der Waals surface area contributed by atoms with Crippen LogP contribution < -0.4 is 5.32 Å². The van der Waals surface area contributed by atoms with Crippen molar-refractivity contribution in [1.29, 1.82) is 0 Å². The van der Waals surface area contributed by atoms with Crippen LogP contribution in [0.25, 0.3) is 17.1 Å². The molecule has 29 heavy (non-hydrogen) atoms. The van der Waals surface area contributed by atoms with E-state index in [0.29, 0.717) is 10.8 Å². The fourth-order valence-corrected chi connectivity index (χ4v) is 3.20. The van der Waals surface area contributed by atoms with Crippen molar-refractivity contribution in [2.45, 2.75) is 13.8 Å². The zero-order valence-electron chi connectivity index (χ0n) is 16.1. The van der Waals surface area contributed by atoms with Crippen LogP contribution in [0.3, 0.4) is 0 Å². The Labute approximate surface area is 174 Å². The highest BCUT2D eigenvalue weighted by molar-refractivity contribution is 6.30. The fraction of sp³-hybridized carbons (Fsp3) is 0.0870. The maximum Gasteiger partial charge on any atom is 0.295 e. The van der Waals surface area contributed by atoms with Crippen molar-refractivity contribution in [3.8, 4) is 17.1 Å². The molecule has 0 saturated heterocycles. The predicted octanol–water partition coefficient (Wildman–Crippen LogP) is 5.46. The van der Waals surface area contributed by atoms with Crippen molar-refractivity contribution in [2.24, 2.45) is 0 Å². The van der Waals surface area contributed by atoms with Gasteiger partial charge in [-0.1, -0.05) is 47.5 Å². The summed E-state index contributed by atoms with van der Waals surface area (Å²) in [6, 6.07) is 22.7. The summed E-state index contributed by atoms with van der Waals surface area (Å²) < 4.78 is 1.67. The first-order valence-corrected chi connectivity index (χ1v) is 9.56. The van der Waals surface area contributed by atoms with Gasteiger partial charge < -0.3 is 5.32 Å². The average molecular weight is 403 g/mol. The van der Waals surface area contributed by atoms with Gasteiger partial charge in [0.05, 0.1) is 5.69 Å². The van der Waals surface area contributed by atoms with E-state index in [1.807, 2.05) is 74.5 Å². The lowest BCUT2D eigenvalue weighted by Gasteiger charge is -2.07. The molecule has 0 radical (unpaired) electrons. The summed E-state index contributed by atoms with van der Waals surface area (Å²) in [5.74, 6) is 0.305. The van der Waals surface area contributed by atoms with Crippen LogP contribution in [0.15, 0.2) is 72.8 Å². The Morgan fingerprint density at radius 2 is 1.69 bits per heavy atom. The highest BCUT2D eigenvalue weighted by atomic mass is 35.5. The Morgan fingerprint density at radius 1 is 0.966 bits per heavy atom. The molecule has 1 heterocycles. The van der Waals surface area contributed by atoms with Crippen molar-refractivity contribution in [3.05, 3.63) is 94.8 Å². The zero-order chi connectivity index (χ0) is 20.4. The first-order chi connectivity index (χ1) is 14.0. The molecule has 0 atom stereocenters. The summed E-state index contributed by atoms with van der Waals surface area (Å²) in [5, 5.41) is 8.02. The van der Waals surface area contributed by atoms with Crippen LogP contribution in [0.4, 0.5) is 5.69 Å². The highest BCUT2D eigenvalue weighted by Gasteiger charge is 2.19. The molecular formula is C23H19ClN4O. The summed E-state index contributed by atoms with van der Waals surface area (Å²) in [7, 11) is 0. The van der Waals surface area contributed by atoms with Gasteiger partial charge in [-0.25, -0.2) is 9.67 Å². The molecule has 1 aromatic heterocycles. The topological polar surface area (TPSA) is 59.8 Å². The van der Waals surface area contributed by atoms with Gasteiger partial charge in [0.2, 0.25) is 5.82 Å². The van der Waals surface area contributed by atoms with Crippen LogP contribution in [-0.2, 0) is 0 Å². The molecular weight excluding hydrogens is 384 g/mol. The van der Waals surface area contributed by atoms with E-state index >= 15 is 0 Å². The lowest BCUT2D eigenvalue weighted by atomic mass is 10.1. The molecule has 4 aromatic rings. The number of halogens is 1. The summed E-state index contributed by atoms with van der Waals surface area (Å²) in [6.07, 6.45) is 0. The molecule has 0 spiro atoms. The molecule has 0 aliphatic rings. The molecule has 0 bridgehead atoms. The maximum atomic E-state index is 12.9. The number of hydrogen-bond donors (Lipinski definition) is 1. The molecule has 6 heteroatoms. The molecule has 1 N–H and O–H groups in total. The van der Waals surface area contributed by atoms with Crippen LogP contribution in [-0.4, -0.2) is 20.7 Å². The third-order valence-corrected chi connectivity index (χ3v) is 4.80. The van der Waals surface area contributed by atoms with Gasteiger partial charge in [0.1, 0.15) is 0 Å². The molecule has 0 aliphatic heterocycles. The largest absolute Gasteiger partial charge is 0.319 e. The number of hydrogen-bond acceptors (Lipinski definition) is 3. The van der Waals surface area contributed by atoms with E-state index in [1.165, 1.54) is 0 Å². The first-order valence-electron chi connectivity index (χ1n) is 9.18. The predicted molar refractivity (Wildman–Crippen MR) is 116 cm³/mol. The van der Waals surface area contributed by atoms with Gasteiger partial charge >= 0.3 is 0 Å². The van der Waals surface area contributed by atoms with Crippen LogP contribution >= 0.6 is 11.6 Å². The molecule has 5 nitrogen and oxygen atoms in total. The van der Waals surface area contributed by atoms with Crippen LogP contribution in [0.2, 0.25) is 5.02 Å². The Balaban J connectivity index is 1.74. The number of aromatic nitrogens is 3. The molecule has 0 unspecified atom stereocenters. The summed E-state index contributed by atoms with van der Waals surface area (Å²) >= 11 is 6.02. The number of carbonyl (C=O) groups excluding carboxylic acids is 1. The van der Waals surface area contributed by atoms with Gasteiger partial charge in [0, 0.05) is 16.3 Å². The van der Waals surface area contributed by atoms with Gasteiger partial charge in [-0.2, -0.15) is 0 Å². The SMILES string of the molecule is Cc1ccc(NC(=O)c2nc(-c3ccc(Cl)cc3)n(-c3ccccc3)n2)c(C)c1. The molecule has 144 valence electrons. The number of nitrogens with zero attached hydrogens (tertiary/aromatic N) is 3. The minimum absolute atomic E-state index is 0.0961. The second-order valence-corrected chi connectivity index (χ2v) is 7.22. The van der Waals surface area contributed by atoms with E-state index in [2.05, 4.69) is 15.4 Å².